The summed E-state index contributed by atoms with van der Waals surface area (Å²) in [4.78, 5) is 15.2. The van der Waals surface area contributed by atoms with Crippen molar-refractivity contribution in [2.45, 2.75) is 12.5 Å². The van der Waals surface area contributed by atoms with Crippen LogP contribution in [0.5, 0.6) is 0 Å². The molecule has 6 heteroatoms. The number of carbonyl (C=O) groups excluding carboxylic acids is 1. The van der Waals surface area contributed by atoms with Gasteiger partial charge in [0, 0.05) is 19.2 Å². The highest BCUT2D eigenvalue weighted by atomic mass is 16.3. The smallest absolute Gasteiger partial charge is 0.262 e. The normalized spacial score (nSPS) is 16.1. The third-order valence-corrected chi connectivity index (χ3v) is 5.39. The van der Waals surface area contributed by atoms with E-state index in [2.05, 4.69) is 29.4 Å². The van der Waals surface area contributed by atoms with E-state index in [1.165, 1.54) is 10.4 Å². The first kappa shape index (κ1) is 18.2. The van der Waals surface area contributed by atoms with E-state index in [4.69, 9.17) is 8.83 Å². The van der Waals surface area contributed by atoms with Gasteiger partial charge in [-0.1, -0.05) is 30.3 Å². The minimum absolute atomic E-state index is 0.103. The molecule has 0 saturated carbocycles. The predicted molar refractivity (Wildman–Crippen MR) is 115 cm³/mol. The zero-order valence-corrected chi connectivity index (χ0v) is 16.6. The van der Waals surface area contributed by atoms with Gasteiger partial charge in [0.1, 0.15) is 23.3 Å². The fourth-order valence-corrected chi connectivity index (χ4v) is 3.82. The van der Waals surface area contributed by atoms with Gasteiger partial charge < -0.3 is 13.7 Å². The quantitative estimate of drug-likeness (QED) is 0.482. The van der Waals surface area contributed by atoms with Crippen LogP contribution in [0.1, 0.15) is 24.0 Å². The summed E-state index contributed by atoms with van der Waals surface area (Å²) in [5.41, 5.74) is 1.72. The minimum Gasteiger partial charge on any atom is -0.467 e. The minimum atomic E-state index is -0.280. The second-order valence-electron chi connectivity index (χ2n) is 7.39. The van der Waals surface area contributed by atoms with Gasteiger partial charge in [0.15, 0.2) is 0 Å². The Morgan fingerprint density at radius 1 is 1.03 bits per heavy atom. The van der Waals surface area contributed by atoms with E-state index in [1.807, 2.05) is 54.4 Å². The van der Waals surface area contributed by atoms with Gasteiger partial charge in [-0.3, -0.25) is 4.79 Å². The maximum absolute atomic E-state index is 13.2. The molecule has 1 aliphatic rings. The largest absolute Gasteiger partial charge is 0.467 e. The molecule has 150 valence electrons. The molecule has 30 heavy (non-hydrogen) atoms. The number of hydrogen-bond donors (Lipinski definition) is 0. The Morgan fingerprint density at radius 2 is 1.83 bits per heavy atom. The summed E-state index contributed by atoms with van der Waals surface area (Å²) < 4.78 is 11.1. The molecule has 0 bridgehead atoms. The number of hydrogen-bond acceptors (Lipinski definition) is 5. The molecule has 0 saturated heterocycles. The Bertz CT molecular complexity index is 1200. The highest BCUT2D eigenvalue weighted by Crippen LogP contribution is 2.33. The molecule has 1 amide bonds. The predicted octanol–water partition coefficient (Wildman–Crippen LogP) is 4.84. The lowest BCUT2D eigenvalue weighted by Crippen LogP contribution is -2.36. The lowest BCUT2D eigenvalue weighted by molar-refractivity contribution is -0.131. The zero-order chi connectivity index (χ0) is 20.5. The summed E-state index contributed by atoms with van der Waals surface area (Å²) in [6, 6.07) is 21.5. The molecule has 5 rings (SSSR count). The molecule has 0 radical (unpaired) electrons. The highest BCUT2D eigenvalue weighted by molar-refractivity contribution is 6.01. The standard InChI is InChI=1S/C24H21N3O3/c1-26(19-11-10-17-6-2-3-7-18(17)14-19)16-24(28)27-21(23-9-5-13-30-23)15-20(25-27)22-8-4-12-29-22/h2-14,21H,15-16H2,1H3. The van der Waals surface area contributed by atoms with Gasteiger partial charge in [0.25, 0.3) is 5.91 Å². The number of anilines is 1. The van der Waals surface area contributed by atoms with E-state index in [9.17, 15) is 4.79 Å². The Kier molecular flexibility index (Phi) is 4.59. The highest BCUT2D eigenvalue weighted by Gasteiger charge is 2.36. The maximum atomic E-state index is 13.2. The number of nitrogens with zero attached hydrogens (tertiary/aromatic N) is 3. The van der Waals surface area contributed by atoms with Crippen molar-refractivity contribution in [1.82, 2.24) is 5.01 Å². The SMILES string of the molecule is CN(CC(=O)N1N=C(c2ccco2)CC1c1ccco1)c1ccc2ccccc2c1. The van der Waals surface area contributed by atoms with E-state index < -0.39 is 0 Å². The Balaban J connectivity index is 1.39. The second-order valence-corrected chi connectivity index (χ2v) is 7.39. The molecule has 0 N–H and O–H groups in total. The van der Waals surface area contributed by atoms with Gasteiger partial charge in [-0.05, 0) is 47.2 Å². The van der Waals surface area contributed by atoms with Crippen molar-refractivity contribution in [2.75, 3.05) is 18.5 Å². The molecular formula is C24H21N3O3. The molecule has 6 nitrogen and oxygen atoms in total. The molecular weight excluding hydrogens is 378 g/mol. The number of likely N-dealkylation sites (N-methyl/N-ethyl adjacent to an activating group) is 1. The second kappa shape index (κ2) is 7.55. The lowest BCUT2D eigenvalue weighted by atomic mass is 10.1. The third kappa shape index (κ3) is 3.37. The fourth-order valence-electron chi connectivity index (χ4n) is 3.82. The van der Waals surface area contributed by atoms with Crippen LogP contribution in [-0.2, 0) is 4.79 Å². The molecule has 3 heterocycles. The topological polar surface area (TPSA) is 62.2 Å². The van der Waals surface area contributed by atoms with E-state index in [0.29, 0.717) is 17.9 Å². The van der Waals surface area contributed by atoms with Crippen LogP contribution >= 0.6 is 0 Å². The van der Waals surface area contributed by atoms with Gasteiger partial charge in [-0.2, -0.15) is 5.10 Å². The zero-order valence-electron chi connectivity index (χ0n) is 16.6. The van der Waals surface area contributed by atoms with Crippen molar-refractivity contribution in [3.63, 3.8) is 0 Å². The van der Waals surface area contributed by atoms with E-state index in [1.54, 1.807) is 12.5 Å². The van der Waals surface area contributed by atoms with Crippen molar-refractivity contribution in [3.8, 4) is 0 Å². The first-order chi connectivity index (χ1) is 14.7. The van der Waals surface area contributed by atoms with Crippen LogP contribution < -0.4 is 4.90 Å². The first-order valence-electron chi connectivity index (χ1n) is 9.86. The van der Waals surface area contributed by atoms with Crippen LogP contribution in [0.15, 0.2) is 93.2 Å². The average molecular weight is 399 g/mol. The molecule has 0 spiro atoms. The van der Waals surface area contributed by atoms with Gasteiger partial charge in [-0.25, -0.2) is 5.01 Å². The molecule has 0 aliphatic carbocycles. The van der Waals surface area contributed by atoms with Crippen molar-refractivity contribution in [1.29, 1.82) is 0 Å². The number of fused-ring (bicyclic) bond motifs is 1. The van der Waals surface area contributed by atoms with E-state index >= 15 is 0 Å². The molecule has 2 aromatic heterocycles. The lowest BCUT2D eigenvalue weighted by Gasteiger charge is -2.24. The third-order valence-electron chi connectivity index (χ3n) is 5.39. The van der Waals surface area contributed by atoms with Gasteiger partial charge >= 0.3 is 0 Å². The number of hydrazone groups is 1. The monoisotopic (exact) mass is 399 g/mol. The summed E-state index contributed by atoms with van der Waals surface area (Å²) in [6.07, 6.45) is 3.77. The number of amides is 1. The Morgan fingerprint density at radius 3 is 2.60 bits per heavy atom. The first-order valence-corrected chi connectivity index (χ1v) is 9.86. The van der Waals surface area contributed by atoms with Gasteiger partial charge in [0.05, 0.1) is 19.1 Å². The summed E-state index contributed by atoms with van der Waals surface area (Å²) in [5.74, 6) is 1.28. The van der Waals surface area contributed by atoms with Crippen molar-refractivity contribution in [2.24, 2.45) is 5.10 Å². The van der Waals surface area contributed by atoms with E-state index in [0.717, 1.165) is 16.8 Å². The molecule has 0 fully saturated rings. The Labute approximate surface area is 174 Å². The van der Waals surface area contributed by atoms with Gasteiger partial charge in [0.2, 0.25) is 0 Å². The molecule has 1 atom stereocenters. The molecule has 2 aromatic carbocycles. The fraction of sp³-hybridized carbons (Fsp3) is 0.167. The van der Waals surface area contributed by atoms with Crippen LogP contribution in [0, 0.1) is 0 Å². The summed E-state index contributed by atoms with van der Waals surface area (Å²) in [7, 11) is 1.91. The van der Waals surface area contributed by atoms with Gasteiger partial charge in [-0.15, -0.1) is 0 Å². The van der Waals surface area contributed by atoms with Crippen molar-refractivity contribution >= 4 is 28.1 Å². The Hall–Kier alpha value is -3.80. The maximum Gasteiger partial charge on any atom is 0.262 e. The van der Waals surface area contributed by atoms with Crippen LogP contribution in [0.4, 0.5) is 5.69 Å². The van der Waals surface area contributed by atoms with Crippen LogP contribution in [0.2, 0.25) is 0 Å². The summed E-state index contributed by atoms with van der Waals surface area (Å²) in [6.45, 7) is 0.199. The summed E-state index contributed by atoms with van der Waals surface area (Å²) >= 11 is 0. The molecule has 1 aliphatic heterocycles. The average Bonchev–Trinajstić information content (AvgIpc) is 3.54. The van der Waals surface area contributed by atoms with E-state index in [-0.39, 0.29) is 18.5 Å². The number of carbonyl (C=O) groups is 1. The number of furan rings is 2. The molecule has 1 unspecified atom stereocenters. The van der Waals surface area contributed by atoms with Crippen LogP contribution in [-0.4, -0.2) is 30.2 Å². The molecule has 4 aromatic rings. The van der Waals surface area contributed by atoms with Crippen LogP contribution in [0.25, 0.3) is 10.8 Å². The van der Waals surface area contributed by atoms with Crippen molar-refractivity contribution < 1.29 is 13.6 Å². The van der Waals surface area contributed by atoms with Crippen LogP contribution in [0.3, 0.4) is 0 Å². The summed E-state index contributed by atoms with van der Waals surface area (Å²) in [5, 5.41) is 8.42. The number of benzene rings is 2. The van der Waals surface area contributed by atoms with Crippen molar-refractivity contribution in [3.05, 3.63) is 90.8 Å². The number of rotatable bonds is 5.